The summed E-state index contributed by atoms with van der Waals surface area (Å²) < 4.78 is 2.20. The van der Waals surface area contributed by atoms with E-state index in [1.165, 1.54) is 24.7 Å². The lowest BCUT2D eigenvalue weighted by Crippen LogP contribution is -2.50. The van der Waals surface area contributed by atoms with Gasteiger partial charge in [0.25, 0.3) is 11.5 Å². The zero-order chi connectivity index (χ0) is 18.8. The maximum Gasteiger partial charge on any atom is 0.331 e. The van der Waals surface area contributed by atoms with Gasteiger partial charge in [0.05, 0.1) is 0 Å². The molecule has 9 heteroatoms. The summed E-state index contributed by atoms with van der Waals surface area (Å²) in [6.45, 7) is 4.29. The smallest absolute Gasteiger partial charge is 0.331 e. The van der Waals surface area contributed by atoms with E-state index in [-0.39, 0.29) is 11.6 Å². The lowest BCUT2D eigenvalue weighted by molar-refractivity contribution is 0.0734. The summed E-state index contributed by atoms with van der Waals surface area (Å²) >= 11 is 0. The average molecular weight is 358 g/mol. The van der Waals surface area contributed by atoms with E-state index in [4.69, 9.17) is 0 Å². The van der Waals surface area contributed by atoms with Crippen molar-refractivity contribution < 1.29 is 4.79 Å². The zero-order valence-electron chi connectivity index (χ0n) is 15.2. The number of amides is 1. The summed E-state index contributed by atoms with van der Waals surface area (Å²) in [5, 5.41) is 0. The van der Waals surface area contributed by atoms with Crippen molar-refractivity contribution in [3.63, 3.8) is 0 Å². The molecular weight excluding hydrogens is 336 g/mol. The molecule has 3 heterocycles. The van der Waals surface area contributed by atoms with E-state index in [1.807, 2.05) is 13.0 Å². The first-order valence-corrected chi connectivity index (χ1v) is 8.54. The van der Waals surface area contributed by atoms with Crippen LogP contribution >= 0.6 is 0 Å². The van der Waals surface area contributed by atoms with Crippen LogP contribution in [0.2, 0.25) is 0 Å². The number of carbonyl (C=O) groups excluding carboxylic acids is 1. The summed E-state index contributed by atoms with van der Waals surface area (Å²) in [4.78, 5) is 48.9. The minimum absolute atomic E-state index is 0.113. The van der Waals surface area contributed by atoms with E-state index < -0.39 is 11.2 Å². The third-order valence-electron chi connectivity index (χ3n) is 4.71. The molecule has 9 nitrogen and oxygen atoms in total. The lowest BCUT2D eigenvalue weighted by Gasteiger charge is -2.35. The van der Waals surface area contributed by atoms with Crippen LogP contribution in [-0.2, 0) is 20.5 Å². The third kappa shape index (κ3) is 3.24. The molecule has 0 radical (unpaired) electrons. The van der Waals surface area contributed by atoms with Crippen LogP contribution in [0.25, 0.3) is 0 Å². The van der Waals surface area contributed by atoms with E-state index in [0.717, 1.165) is 22.5 Å². The second-order valence-corrected chi connectivity index (χ2v) is 6.27. The molecule has 0 spiro atoms. The lowest BCUT2D eigenvalue weighted by atomic mass is 10.2. The van der Waals surface area contributed by atoms with Gasteiger partial charge in [0, 0.05) is 58.1 Å². The molecule has 1 aliphatic heterocycles. The quantitative estimate of drug-likeness (QED) is 0.727. The number of hydrogen-bond acceptors (Lipinski definition) is 6. The van der Waals surface area contributed by atoms with Crippen molar-refractivity contribution in [1.29, 1.82) is 0 Å². The van der Waals surface area contributed by atoms with E-state index in [9.17, 15) is 14.4 Å². The van der Waals surface area contributed by atoms with Crippen LogP contribution in [-0.4, -0.2) is 56.1 Å². The number of anilines is 1. The first kappa shape index (κ1) is 17.8. The van der Waals surface area contributed by atoms with Crippen molar-refractivity contribution in [3.05, 3.63) is 50.7 Å². The van der Waals surface area contributed by atoms with Crippen molar-refractivity contribution in [1.82, 2.24) is 24.0 Å². The number of rotatable bonds is 3. The minimum Gasteiger partial charge on any atom is -0.353 e. The Morgan fingerprint density at radius 3 is 2.38 bits per heavy atom. The van der Waals surface area contributed by atoms with Crippen molar-refractivity contribution in [3.8, 4) is 0 Å². The van der Waals surface area contributed by atoms with Crippen LogP contribution in [0, 0.1) is 0 Å². The summed E-state index contributed by atoms with van der Waals surface area (Å²) in [5.41, 5.74) is 0.0984. The molecule has 0 atom stereocenters. The van der Waals surface area contributed by atoms with E-state index in [2.05, 4.69) is 14.9 Å². The van der Waals surface area contributed by atoms with Crippen LogP contribution in [0.5, 0.6) is 0 Å². The van der Waals surface area contributed by atoms with Crippen molar-refractivity contribution in [2.45, 2.75) is 13.3 Å². The molecule has 0 bridgehead atoms. The Kier molecular flexibility index (Phi) is 4.88. The third-order valence-corrected chi connectivity index (χ3v) is 4.71. The highest BCUT2D eigenvalue weighted by atomic mass is 16.2. The highest BCUT2D eigenvalue weighted by molar-refractivity contribution is 5.92. The van der Waals surface area contributed by atoms with Gasteiger partial charge in [0.15, 0.2) is 0 Å². The molecule has 2 aromatic heterocycles. The predicted molar refractivity (Wildman–Crippen MR) is 96.5 cm³/mol. The van der Waals surface area contributed by atoms with Gasteiger partial charge < -0.3 is 9.80 Å². The second kappa shape index (κ2) is 7.11. The predicted octanol–water partition coefficient (Wildman–Crippen LogP) is -0.601. The zero-order valence-corrected chi connectivity index (χ0v) is 15.2. The number of nitrogens with zero attached hydrogens (tertiary/aromatic N) is 6. The normalized spacial score (nSPS) is 14.6. The van der Waals surface area contributed by atoms with E-state index in [1.54, 1.807) is 11.2 Å². The molecule has 1 aliphatic rings. The number of hydrogen-bond donors (Lipinski definition) is 0. The number of aromatic nitrogens is 4. The molecule has 0 aromatic carbocycles. The topological polar surface area (TPSA) is 93.3 Å². The van der Waals surface area contributed by atoms with Gasteiger partial charge in [-0.2, -0.15) is 0 Å². The average Bonchev–Trinajstić information content (AvgIpc) is 2.68. The molecule has 0 unspecified atom stereocenters. The Labute approximate surface area is 150 Å². The molecule has 0 N–H and O–H groups in total. The summed E-state index contributed by atoms with van der Waals surface area (Å²) in [5.74, 6) is 0.545. The first-order valence-electron chi connectivity index (χ1n) is 8.54. The molecule has 3 rings (SSSR count). The van der Waals surface area contributed by atoms with E-state index in [0.29, 0.717) is 26.2 Å². The van der Waals surface area contributed by atoms with Crippen molar-refractivity contribution in [2.24, 2.45) is 14.1 Å². The number of carbonyl (C=O) groups is 1. The molecule has 0 saturated carbocycles. The molecular formula is C17H22N6O3. The Morgan fingerprint density at radius 2 is 1.73 bits per heavy atom. The minimum atomic E-state index is -0.507. The number of aryl methyl sites for hydroxylation is 1. The molecule has 1 fully saturated rings. The van der Waals surface area contributed by atoms with Gasteiger partial charge in [-0.1, -0.05) is 6.92 Å². The van der Waals surface area contributed by atoms with Gasteiger partial charge in [-0.25, -0.2) is 14.8 Å². The van der Waals surface area contributed by atoms with Gasteiger partial charge >= 0.3 is 5.69 Å². The molecule has 0 aliphatic carbocycles. The van der Waals surface area contributed by atoms with Gasteiger partial charge in [-0.15, -0.1) is 0 Å². The standard InChI is InChI=1S/C17H22N6O3/c1-4-12-9-14(19-11-18-12)22-5-7-23(8-6-22)16(25)13-10-15(24)21(3)17(26)20(13)2/h9-11H,4-8H2,1-3H3. The van der Waals surface area contributed by atoms with Crippen molar-refractivity contribution in [2.75, 3.05) is 31.1 Å². The fourth-order valence-electron chi connectivity index (χ4n) is 2.99. The Bertz CT molecular complexity index is 940. The Hall–Kier alpha value is -2.97. The fraction of sp³-hybridized carbons (Fsp3) is 0.471. The van der Waals surface area contributed by atoms with Crippen LogP contribution in [0.4, 0.5) is 5.82 Å². The SMILES string of the molecule is CCc1cc(N2CCN(C(=O)c3cc(=O)n(C)c(=O)n3C)CC2)ncn1. The summed E-state index contributed by atoms with van der Waals surface area (Å²) in [7, 11) is 2.89. The molecule has 1 saturated heterocycles. The van der Waals surface area contributed by atoms with Crippen LogP contribution < -0.4 is 16.1 Å². The second-order valence-electron chi connectivity index (χ2n) is 6.27. The van der Waals surface area contributed by atoms with Crippen LogP contribution in [0.15, 0.2) is 28.0 Å². The monoisotopic (exact) mass is 358 g/mol. The maximum atomic E-state index is 12.8. The van der Waals surface area contributed by atoms with Gasteiger partial charge in [0.1, 0.15) is 17.8 Å². The Morgan fingerprint density at radius 1 is 1.04 bits per heavy atom. The molecule has 26 heavy (non-hydrogen) atoms. The van der Waals surface area contributed by atoms with Crippen LogP contribution in [0.1, 0.15) is 23.1 Å². The van der Waals surface area contributed by atoms with Crippen molar-refractivity contribution >= 4 is 11.7 Å². The number of piperazine rings is 1. The maximum absolute atomic E-state index is 12.8. The Balaban J connectivity index is 1.75. The van der Waals surface area contributed by atoms with Gasteiger partial charge in [0.2, 0.25) is 0 Å². The van der Waals surface area contributed by atoms with Gasteiger partial charge in [-0.05, 0) is 6.42 Å². The van der Waals surface area contributed by atoms with E-state index >= 15 is 0 Å². The van der Waals surface area contributed by atoms with Crippen LogP contribution in [0.3, 0.4) is 0 Å². The molecule has 138 valence electrons. The summed E-state index contributed by atoms with van der Waals surface area (Å²) in [6, 6.07) is 3.18. The first-order chi connectivity index (χ1) is 12.4. The fourth-order valence-corrected chi connectivity index (χ4v) is 2.99. The highest BCUT2D eigenvalue weighted by Crippen LogP contribution is 2.15. The molecule has 2 aromatic rings. The highest BCUT2D eigenvalue weighted by Gasteiger charge is 2.25. The largest absolute Gasteiger partial charge is 0.353 e. The van der Waals surface area contributed by atoms with Gasteiger partial charge in [-0.3, -0.25) is 18.7 Å². The summed E-state index contributed by atoms with van der Waals surface area (Å²) in [6.07, 6.45) is 2.40. The molecule has 1 amide bonds.